The third kappa shape index (κ3) is 10.8. The third-order valence-electron chi connectivity index (χ3n) is 7.49. The number of nitrogens with two attached hydrogens (primary N) is 2. The number of hydrogen-bond donors (Lipinski definition) is 2. The molecule has 0 atom stereocenters. The molecule has 0 aliphatic heterocycles. The van der Waals surface area contributed by atoms with Crippen LogP contribution in [-0.2, 0) is 32.4 Å². The molecule has 0 amide bonds. The Balaban J connectivity index is 0.000000221. The van der Waals surface area contributed by atoms with Gasteiger partial charge < -0.3 is 13.8 Å². The van der Waals surface area contributed by atoms with E-state index in [0.717, 1.165) is 18.2 Å². The van der Waals surface area contributed by atoms with E-state index in [2.05, 4.69) is 15.1 Å². The van der Waals surface area contributed by atoms with Crippen LogP contribution in [0.4, 0.5) is 43.9 Å². The van der Waals surface area contributed by atoms with Crippen molar-refractivity contribution in [3.8, 4) is 50.9 Å². The molecule has 6 rings (SSSR count). The summed E-state index contributed by atoms with van der Waals surface area (Å²) < 4.78 is 188. The van der Waals surface area contributed by atoms with E-state index in [4.69, 9.17) is 19.3 Å². The van der Waals surface area contributed by atoms with Gasteiger partial charge in [-0.25, -0.2) is 31.5 Å². The van der Waals surface area contributed by atoms with Gasteiger partial charge in [-0.15, -0.1) is 0 Å². The van der Waals surface area contributed by atoms with E-state index in [1.165, 1.54) is 60.7 Å². The molecule has 0 radical (unpaired) electrons. The van der Waals surface area contributed by atoms with Crippen LogP contribution in [0, 0.1) is 5.82 Å². The normalized spacial score (nSPS) is 12.6. The predicted octanol–water partition coefficient (Wildman–Crippen LogP) is 8.43. The van der Waals surface area contributed by atoms with Crippen LogP contribution >= 0.6 is 0 Å². The Bertz CT molecular complexity index is 2600. The van der Waals surface area contributed by atoms with Gasteiger partial charge in [-0.3, -0.25) is 0 Å². The van der Waals surface area contributed by atoms with Crippen molar-refractivity contribution in [3.63, 3.8) is 0 Å². The molecule has 0 saturated carbocycles. The summed E-state index contributed by atoms with van der Waals surface area (Å²) in [6, 6.07) is 18.1. The highest BCUT2D eigenvalue weighted by Crippen LogP contribution is 2.40. The maximum absolute atomic E-state index is 13.4. The van der Waals surface area contributed by atoms with Crippen LogP contribution in [0.25, 0.3) is 45.2 Å². The molecule has 23 heteroatoms. The van der Waals surface area contributed by atoms with Gasteiger partial charge in [0.2, 0.25) is 20.0 Å². The first-order valence-corrected chi connectivity index (χ1v) is 18.4. The van der Waals surface area contributed by atoms with Crippen LogP contribution in [-0.4, -0.2) is 39.9 Å². The van der Waals surface area contributed by atoms with Crippen molar-refractivity contribution in [2.24, 2.45) is 10.3 Å². The van der Waals surface area contributed by atoms with E-state index in [1.807, 2.05) is 0 Å². The molecule has 0 unspecified atom stereocenters. The van der Waals surface area contributed by atoms with Crippen molar-refractivity contribution in [3.05, 3.63) is 114 Å². The largest absolute Gasteiger partial charge is 0.483 e. The van der Waals surface area contributed by atoms with Crippen LogP contribution in [0.3, 0.4) is 0 Å². The zero-order valence-corrected chi connectivity index (χ0v) is 29.6. The molecule has 57 heavy (non-hydrogen) atoms. The fourth-order valence-electron chi connectivity index (χ4n) is 4.81. The Kier molecular flexibility index (Phi) is 11.6. The topological polar surface area (TPSA) is 182 Å². The lowest BCUT2D eigenvalue weighted by Crippen LogP contribution is -2.20. The average molecular weight is 853 g/mol. The molecule has 0 spiro atoms. The summed E-state index contributed by atoms with van der Waals surface area (Å²) in [5.41, 5.74) is -1.63. The first kappa shape index (κ1) is 42.4. The molecular formula is C34H22F10N4O7S2. The first-order valence-electron chi connectivity index (χ1n) is 15.3. The SMILES string of the molecule is NS(=O)(=O)c1ccc(-c2cc(-c3ccc(F)c(C(F)(F)F)c3)on2)cc1.NS(=O)(=O)c1ccc(-c2cc(-c3ccc(OCC(F)(F)F)c(C(F)(F)F)c3)on2)cc1. The fourth-order valence-corrected chi connectivity index (χ4v) is 5.84. The zero-order valence-electron chi connectivity index (χ0n) is 27.9. The standard InChI is InChI=1S/C18H12F6N2O4S.C16H10F4N2O3S/c19-17(20,21)9-29-15-6-3-11(7-13(15)18(22,23)24)16-8-14(26-30-16)10-1-4-12(5-2-10)31(25,27)28;17-13-6-3-10(7-12(13)16(18,19)20)15-8-14(22-25-15)9-1-4-11(5-2-9)26(21,23)24/h1-8H,9H2,(H2,25,27,28);1-8H,(H2,21,23,24). The van der Waals surface area contributed by atoms with E-state index in [-0.39, 0.29) is 43.8 Å². The lowest BCUT2D eigenvalue weighted by Gasteiger charge is -2.15. The molecule has 0 fully saturated rings. The first-order chi connectivity index (χ1) is 26.3. The summed E-state index contributed by atoms with van der Waals surface area (Å²) >= 11 is 0. The number of benzene rings is 4. The van der Waals surface area contributed by atoms with E-state index < -0.39 is 67.9 Å². The van der Waals surface area contributed by atoms with E-state index in [0.29, 0.717) is 29.3 Å². The highest BCUT2D eigenvalue weighted by atomic mass is 32.2. The Labute approximate surface area is 314 Å². The van der Waals surface area contributed by atoms with Gasteiger partial charge in [0, 0.05) is 34.4 Å². The van der Waals surface area contributed by atoms with Crippen LogP contribution in [0.1, 0.15) is 11.1 Å². The molecule has 0 saturated heterocycles. The highest BCUT2D eigenvalue weighted by molar-refractivity contribution is 7.89. The van der Waals surface area contributed by atoms with E-state index in [9.17, 15) is 60.7 Å². The molecule has 2 aromatic heterocycles. The molecule has 4 N–H and O–H groups in total. The number of nitrogens with zero attached hydrogens (tertiary/aromatic N) is 2. The zero-order chi connectivity index (χ0) is 42.1. The predicted molar refractivity (Wildman–Crippen MR) is 179 cm³/mol. The van der Waals surface area contributed by atoms with Crippen molar-refractivity contribution in [2.75, 3.05) is 6.61 Å². The van der Waals surface area contributed by atoms with Crippen LogP contribution in [0.2, 0.25) is 0 Å². The van der Waals surface area contributed by atoms with Gasteiger partial charge in [-0.1, -0.05) is 34.6 Å². The molecule has 0 bridgehead atoms. The second-order valence-corrected chi connectivity index (χ2v) is 14.7. The van der Waals surface area contributed by atoms with Crippen molar-refractivity contribution in [1.29, 1.82) is 0 Å². The van der Waals surface area contributed by atoms with Crippen LogP contribution < -0.4 is 15.0 Å². The average Bonchev–Trinajstić information content (AvgIpc) is 3.81. The number of halogens is 10. The number of primary sulfonamides is 2. The van der Waals surface area contributed by atoms with Crippen molar-refractivity contribution in [2.45, 2.75) is 28.3 Å². The van der Waals surface area contributed by atoms with Gasteiger partial charge >= 0.3 is 18.5 Å². The number of aromatic nitrogens is 2. The molecule has 6 aromatic rings. The third-order valence-corrected chi connectivity index (χ3v) is 9.35. The Morgan fingerprint density at radius 2 is 0.930 bits per heavy atom. The van der Waals surface area contributed by atoms with E-state index in [1.54, 1.807) is 0 Å². The number of hydrogen-bond acceptors (Lipinski definition) is 9. The smallest absolute Gasteiger partial charge is 0.422 e. The summed E-state index contributed by atoms with van der Waals surface area (Å²) in [5.74, 6) is -2.47. The van der Waals surface area contributed by atoms with Crippen molar-refractivity contribution in [1.82, 2.24) is 10.3 Å². The van der Waals surface area contributed by atoms with Crippen molar-refractivity contribution < 1.29 is 74.5 Å². The molecule has 4 aromatic carbocycles. The van der Waals surface area contributed by atoms with Crippen LogP contribution in [0.5, 0.6) is 5.75 Å². The minimum absolute atomic E-state index is 0.000947. The number of alkyl halides is 9. The van der Waals surface area contributed by atoms with Crippen LogP contribution in [0.15, 0.2) is 116 Å². The second kappa shape index (κ2) is 15.6. The minimum atomic E-state index is -4.98. The maximum atomic E-state index is 13.4. The Hall–Kier alpha value is -5.78. The van der Waals surface area contributed by atoms with Gasteiger partial charge in [0.05, 0.1) is 20.9 Å². The highest BCUT2D eigenvalue weighted by Gasteiger charge is 2.37. The van der Waals surface area contributed by atoms with Gasteiger partial charge in [0.25, 0.3) is 0 Å². The Morgan fingerprint density at radius 1 is 0.544 bits per heavy atom. The fraction of sp³-hybridized carbons (Fsp3) is 0.118. The van der Waals surface area contributed by atoms with Crippen molar-refractivity contribution >= 4 is 20.0 Å². The maximum Gasteiger partial charge on any atom is 0.422 e. The van der Waals surface area contributed by atoms with Gasteiger partial charge in [-0.05, 0) is 60.7 Å². The molecule has 0 aliphatic rings. The summed E-state index contributed by atoms with van der Waals surface area (Å²) in [5, 5.41) is 17.5. The molecular weight excluding hydrogens is 831 g/mol. The molecule has 0 aliphatic carbocycles. The number of rotatable bonds is 8. The van der Waals surface area contributed by atoms with Gasteiger partial charge in [-0.2, -0.15) is 39.5 Å². The Morgan fingerprint density at radius 3 is 1.32 bits per heavy atom. The van der Waals surface area contributed by atoms with Gasteiger partial charge in [0.15, 0.2) is 18.1 Å². The summed E-state index contributed by atoms with van der Waals surface area (Å²) in [7, 11) is -7.76. The monoisotopic (exact) mass is 852 g/mol. The summed E-state index contributed by atoms with van der Waals surface area (Å²) in [6.45, 7) is -1.88. The molecule has 302 valence electrons. The van der Waals surface area contributed by atoms with E-state index >= 15 is 0 Å². The summed E-state index contributed by atoms with van der Waals surface area (Å²) in [6.07, 6.45) is -14.6. The number of sulfonamides is 2. The molecule has 2 heterocycles. The quantitative estimate of drug-likeness (QED) is 0.142. The number of ether oxygens (including phenoxy) is 1. The second-order valence-electron chi connectivity index (χ2n) is 11.6. The van der Waals surface area contributed by atoms with Gasteiger partial charge in [0.1, 0.15) is 23.0 Å². The lowest BCUT2D eigenvalue weighted by molar-refractivity contribution is -0.158. The lowest BCUT2D eigenvalue weighted by atomic mass is 10.1. The molecule has 11 nitrogen and oxygen atoms in total. The minimum Gasteiger partial charge on any atom is -0.483 e. The summed E-state index contributed by atoms with van der Waals surface area (Å²) in [4.78, 5) is -0.248.